The van der Waals surface area contributed by atoms with Crippen molar-refractivity contribution in [3.05, 3.63) is 23.8 Å². The molecule has 1 amide bonds. The van der Waals surface area contributed by atoms with Crippen molar-refractivity contribution in [2.24, 2.45) is 0 Å². The maximum Gasteiger partial charge on any atom is 0.407 e. The molecule has 0 fully saturated rings. The number of ether oxygens (including phenoxy) is 1. The molecular formula is C12H17AlN2O2. The summed E-state index contributed by atoms with van der Waals surface area (Å²) in [7, 11) is 0. The Labute approximate surface area is 110 Å². The third-order valence-electron chi connectivity index (χ3n) is 1.99. The molecule has 0 aliphatic carbocycles. The van der Waals surface area contributed by atoms with E-state index < -0.39 is 11.7 Å². The first-order valence-electron chi connectivity index (χ1n) is 5.38. The summed E-state index contributed by atoms with van der Waals surface area (Å²) >= 11 is 2.55. The van der Waals surface area contributed by atoms with Gasteiger partial charge in [0.25, 0.3) is 0 Å². The van der Waals surface area contributed by atoms with Gasteiger partial charge in [-0.3, -0.25) is 0 Å². The first-order chi connectivity index (χ1) is 7.78. The molecule has 1 aromatic carbocycles. The largest absolute Gasteiger partial charge is 0.444 e. The van der Waals surface area contributed by atoms with E-state index >= 15 is 0 Å². The minimum absolute atomic E-state index is 0.407. The Hall–Kier alpha value is -1.18. The maximum absolute atomic E-state index is 11.4. The molecule has 4 nitrogen and oxygen atoms in total. The molecule has 0 atom stereocenters. The number of carbonyl (C=O) groups is 1. The fourth-order valence-electron chi connectivity index (χ4n) is 1.22. The lowest BCUT2D eigenvalue weighted by Gasteiger charge is -2.19. The maximum atomic E-state index is 11.4. The molecular weight excluding hydrogens is 231 g/mol. The normalized spacial score (nSPS) is 11.0. The summed E-state index contributed by atoms with van der Waals surface area (Å²) in [5.74, 6) is 0. The first kappa shape index (κ1) is 13.9. The van der Waals surface area contributed by atoms with E-state index in [4.69, 9.17) is 10.5 Å². The van der Waals surface area contributed by atoms with Crippen LogP contribution in [0.5, 0.6) is 0 Å². The second-order valence-electron chi connectivity index (χ2n) is 4.82. The molecule has 0 spiro atoms. The van der Waals surface area contributed by atoms with Gasteiger partial charge in [0.2, 0.25) is 0 Å². The molecule has 0 aliphatic rings. The number of hydrogen-bond donors (Lipinski definition) is 2. The van der Waals surface area contributed by atoms with Crippen LogP contribution in [-0.4, -0.2) is 28.0 Å². The predicted molar refractivity (Wildman–Crippen MR) is 69.3 cm³/mol. The van der Waals surface area contributed by atoms with Gasteiger partial charge in [0.1, 0.15) is 5.60 Å². The molecule has 1 aromatic rings. The van der Waals surface area contributed by atoms with Gasteiger partial charge in [-0.05, 0) is 32.4 Å². The summed E-state index contributed by atoms with van der Waals surface area (Å²) in [5.41, 5.74) is 6.92. The minimum Gasteiger partial charge on any atom is -0.444 e. The van der Waals surface area contributed by atoms with E-state index in [1.165, 1.54) is 0 Å². The SMILES string of the molecule is CC(C)(C)OC(=O)NCc1cc[c]([Al])c(N)c1. The molecule has 0 unspecified atom stereocenters. The van der Waals surface area contributed by atoms with Crippen LogP contribution in [0.25, 0.3) is 0 Å². The Balaban J connectivity index is 2.50. The van der Waals surface area contributed by atoms with Crippen molar-refractivity contribution in [1.82, 2.24) is 5.32 Å². The number of amides is 1. The summed E-state index contributed by atoms with van der Waals surface area (Å²) in [5, 5.41) is 2.68. The average molecular weight is 248 g/mol. The quantitative estimate of drug-likeness (QED) is 0.608. The van der Waals surface area contributed by atoms with Crippen LogP contribution >= 0.6 is 0 Å². The van der Waals surface area contributed by atoms with E-state index in [2.05, 4.69) is 21.6 Å². The van der Waals surface area contributed by atoms with Crippen molar-refractivity contribution in [3.63, 3.8) is 0 Å². The number of anilines is 1. The Kier molecular flexibility index (Phi) is 4.44. The second-order valence-corrected chi connectivity index (χ2v) is 5.44. The Morgan fingerprint density at radius 1 is 1.47 bits per heavy atom. The van der Waals surface area contributed by atoms with Crippen LogP contribution in [0, 0.1) is 0 Å². The van der Waals surface area contributed by atoms with Gasteiger partial charge in [0, 0.05) is 12.2 Å². The third-order valence-corrected chi connectivity index (χ3v) is 2.51. The summed E-state index contributed by atoms with van der Waals surface area (Å²) in [4.78, 5) is 11.4. The van der Waals surface area contributed by atoms with E-state index in [0.717, 1.165) is 9.99 Å². The summed E-state index contributed by atoms with van der Waals surface area (Å²) in [6.07, 6.45) is -0.425. The summed E-state index contributed by atoms with van der Waals surface area (Å²) in [6.45, 7) is 5.89. The number of nitrogens with two attached hydrogens (primary N) is 1. The van der Waals surface area contributed by atoms with Gasteiger partial charge < -0.3 is 15.8 Å². The molecule has 5 heteroatoms. The van der Waals surface area contributed by atoms with Gasteiger partial charge in [0.15, 0.2) is 16.3 Å². The molecule has 0 aromatic heterocycles. The average Bonchev–Trinajstić information content (AvgIpc) is 2.17. The van der Waals surface area contributed by atoms with Crippen molar-refractivity contribution in [2.75, 3.05) is 5.73 Å². The van der Waals surface area contributed by atoms with E-state index in [1.54, 1.807) is 0 Å². The lowest BCUT2D eigenvalue weighted by Crippen LogP contribution is -2.32. The lowest BCUT2D eigenvalue weighted by molar-refractivity contribution is 0.0523. The summed E-state index contributed by atoms with van der Waals surface area (Å²) in [6, 6.07) is 5.64. The van der Waals surface area contributed by atoms with Crippen LogP contribution in [0.15, 0.2) is 18.2 Å². The van der Waals surface area contributed by atoms with Crippen molar-refractivity contribution in [3.8, 4) is 0 Å². The molecule has 90 valence electrons. The molecule has 2 radical (unpaired) electrons. The third kappa shape index (κ3) is 5.12. The fraction of sp³-hybridized carbons (Fsp3) is 0.417. The van der Waals surface area contributed by atoms with Crippen molar-refractivity contribution in [1.29, 1.82) is 0 Å². The number of nitrogen functional groups attached to an aromatic ring is 1. The first-order valence-corrected chi connectivity index (χ1v) is 5.96. The Bertz CT molecular complexity index is 413. The molecule has 0 saturated carbocycles. The van der Waals surface area contributed by atoms with Crippen LogP contribution in [0.3, 0.4) is 0 Å². The number of benzene rings is 1. The Morgan fingerprint density at radius 3 is 2.65 bits per heavy atom. The van der Waals surface area contributed by atoms with Gasteiger partial charge in [-0.2, -0.15) is 0 Å². The zero-order valence-electron chi connectivity index (χ0n) is 10.4. The van der Waals surface area contributed by atoms with Gasteiger partial charge >= 0.3 is 6.09 Å². The number of hydrogen-bond acceptors (Lipinski definition) is 3. The van der Waals surface area contributed by atoms with Crippen molar-refractivity contribution >= 4 is 32.5 Å². The highest BCUT2D eigenvalue weighted by molar-refractivity contribution is 6.35. The molecule has 3 N–H and O–H groups in total. The van der Waals surface area contributed by atoms with E-state index in [0.29, 0.717) is 12.2 Å². The highest BCUT2D eigenvalue weighted by Gasteiger charge is 2.15. The van der Waals surface area contributed by atoms with Gasteiger partial charge in [-0.1, -0.05) is 12.1 Å². The predicted octanol–water partition coefficient (Wildman–Crippen LogP) is 1.09. The van der Waals surface area contributed by atoms with Crippen LogP contribution in [0.2, 0.25) is 0 Å². The van der Waals surface area contributed by atoms with Crippen LogP contribution in [0.1, 0.15) is 26.3 Å². The smallest absolute Gasteiger partial charge is 0.407 e. The van der Waals surface area contributed by atoms with Crippen molar-refractivity contribution < 1.29 is 9.53 Å². The number of rotatable bonds is 2. The Morgan fingerprint density at radius 2 is 2.12 bits per heavy atom. The van der Waals surface area contributed by atoms with E-state index in [9.17, 15) is 4.79 Å². The van der Waals surface area contributed by atoms with Gasteiger partial charge in [-0.15, -0.1) is 4.43 Å². The zero-order chi connectivity index (χ0) is 13.1. The molecule has 0 heterocycles. The topological polar surface area (TPSA) is 64.3 Å². The summed E-state index contributed by atoms with van der Waals surface area (Å²) < 4.78 is 6.08. The number of nitrogens with one attached hydrogen (secondary N) is 1. The fourth-order valence-corrected chi connectivity index (χ4v) is 1.40. The van der Waals surface area contributed by atoms with Gasteiger partial charge in [0.05, 0.1) is 0 Å². The molecule has 0 saturated heterocycles. The molecule has 0 bridgehead atoms. The van der Waals surface area contributed by atoms with E-state index in [1.807, 2.05) is 39.0 Å². The highest BCUT2D eigenvalue weighted by Crippen LogP contribution is 2.07. The van der Waals surface area contributed by atoms with Crippen molar-refractivity contribution in [2.45, 2.75) is 32.9 Å². The number of alkyl carbamates (subject to hydrolysis) is 1. The minimum atomic E-state index is -0.479. The molecule has 17 heavy (non-hydrogen) atoms. The van der Waals surface area contributed by atoms with Gasteiger partial charge in [-0.25, -0.2) is 4.79 Å². The van der Waals surface area contributed by atoms with Crippen LogP contribution < -0.4 is 15.5 Å². The van der Waals surface area contributed by atoms with Crippen LogP contribution in [-0.2, 0) is 11.3 Å². The zero-order valence-corrected chi connectivity index (χ0v) is 11.6. The molecule has 0 aliphatic heterocycles. The monoisotopic (exact) mass is 248 g/mol. The second kappa shape index (κ2) is 5.44. The molecule has 1 rings (SSSR count). The highest BCUT2D eigenvalue weighted by atomic mass is 27.0. The lowest BCUT2D eigenvalue weighted by atomic mass is 10.2. The van der Waals surface area contributed by atoms with Crippen LogP contribution in [0.4, 0.5) is 10.5 Å². The number of carbonyl (C=O) groups excluding carboxylic acids is 1. The van der Waals surface area contributed by atoms with E-state index in [-0.39, 0.29) is 0 Å². The standard InChI is InChI=1S/C12H17N2O2.Al/c1-12(2,3)16-11(15)14-8-9-5-4-6-10(13)7-9;/h4-5,7H,8,13H2,1-3H3,(H,14,15);.